The highest BCUT2D eigenvalue weighted by molar-refractivity contribution is 5.91. The number of ketones is 1. The molecule has 0 amide bonds. The van der Waals surface area contributed by atoms with Gasteiger partial charge in [0.15, 0.2) is 23.4 Å². The van der Waals surface area contributed by atoms with Crippen LogP contribution < -0.4 is 4.74 Å². The average Bonchev–Trinajstić information content (AvgIpc) is 2.96. The van der Waals surface area contributed by atoms with Crippen LogP contribution in [0.5, 0.6) is 11.5 Å². The molecule has 4 heteroatoms. The van der Waals surface area contributed by atoms with Crippen LogP contribution in [0.25, 0.3) is 0 Å². The molecule has 3 aliphatic carbocycles. The highest BCUT2D eigenvalue weighted by Crippen LogP contribution is 2.65. The first-order chi connectivity index (χ1) is 13.0. The van der Waals surface area contributed by atoms with Gasteiger partial charge < -0.3 is 9.84 Å². The number of phenols is 1. The Labute approximate surface area is 160 Å². The van der Waals surface area contributed by atoms with Crippen LogP contribution >= 0.6 is 0 Å². The molecule has 2 aliphatic heterocycles. The summed E-state index contributed by atoms with van der Waals surface area (Å²) in [5.41, 5.74) is 2.27. The third kappa shape index (κ3) is 1.86. The lowest BCUT2D eigenvalue weighted by molar-refractivity contribution is -0.152. The van der Waals surface area contributed by atoms with Gasteiger partial charge in [-0.2, -0.15) is 0 Å². The first-order valence-corrected chi connectivity index (χ1v) is 10.8. The van der Waals surface area contributed by atoms with Crippen molar-refractivity contribution in [3.63, 3.8) is 0 Å². The lowest BCUT2D eigenvalue weighted by atomic mass is 9.47. The van der Waals surface area contributed by atoms with Crippen LogP contribution in [0.1, 0.15) is 50.7 Å². The number of aromatic hydroxyl groups is 1. The van der Waals surface area contributed by atoms with Crippen molar-refractivity contribution in [2.24, 2.45) is 23.7 Å². The summed E-state index contributed by atoms with van der Waals surface area (Å²) in [4.78, 5) is 16.0. The molecule has 1 aromatic carbocycles. The second-order valence-corrected chi connectivity index (χ2v) is 9.88. The maximum atomic E-state index is 13.3. The van der Waals surface area contributed by atoms with Crippen molar-refractivity contribution < 1.29 is 14.6 Å². The number of likely N-dealkylation sites (tertiary alicyclic amines) is 1. The number of benzene rings is 1. The molecule has 1 saturated heterocycles. The molecular weight excluding hydrogens is 338 g/mol. The lowest BCUT2D eigenvalue weighted by Gasteiger charge is -2.61. The number of Topliss-reactive ketones (excluding diaryl/α,β-unsaturated/α-hetero) is 1. The van der Waals surface area contributed by atoms with E-state index in [2.05, 4.69) is 24.8 Å². The third-order valence-corrected chi connectivity index (χ3v) is 8.89. The Balaban J connectivity index is 1.52. The van der Waals surface area contributed by atoms with Crippen molar-refractivity contribution in [3.05, 3.63) is 23.3 Å². The summed E-state index contributed by atoms with van der Waals surface area (Å²) in [6, 6.07) is 4.36. The van der Waals surface area contributed by atoms with Gasteiger partial charge in [0.25, 0.3) is 0 Å². The first-order valence-electron chi connectivity index (χ1n) is 10.8. The summed E-state index contributed by atoms with van der Waals surface area (Å²) in [5, 5.41) is 10.5. The number of rotatable bonds is 2. The molecule has 4 nitrogen and oxygen atoms in total. The van der Waals surface area contributed by atoms with E-state index in [1.165, 1.54) is 36.9 Å². The quantitative estimate of drug-likeness (QED) is 0.871. The third-order valence-electron chi connectivity index (χ3n) is 8.89. The minimum Gasteiger partial charge on any atom is -0.504 e. The predicted octanol–water partition coefficient (Wildman–Crippen LogP) is 3.29. The predicted molar refractivity (Wildman–Crippen MR) is 102 cm³/mol. The van der Waals surface area contributed by atoms with Crippen molar-refractivity contribution in [1.82, 2.24) is 4.90 Å². The van der Waals surface area contributed by atoms with E-state index in [-0.39, 0.29) is 22.9 Å². The topological polar surface area (TPSA) is 49.8 Å². The van der Waals surface area contributed by atoms with E-state index in [1.807, 2.05) is 0 Å². The Morgan fingerprint density at radius 2 is 2.11 bits per heavy atom. The Hall–Kier alpha value is -1.55. The van der Waals surface area contributed by atoms with E-state index < -0.39 is 6.10 Å². The molecule has 1 aromatic rings. The van der Waals surface area contributed by atoms with Crippen molar-refractivity contribution in [2.75, 3.05) is 13.1 Å². The van der Waals surface area contributed by atoms with E-state index in [1.54, 1.807) is 6.07 Å². The van der Waals surface area contributed by atoms with Gasteiger partial charge in [0.2, 0.25) is 0 Å². The molecule has 27 heavy (non-hydrogen) atoms. The van der Waals surface area contributed by atoms with Crippen molar-refractivity contribution in [1.29, 1.82) is 0 Å². The number of nitrogens with zero attached hydrogens (tertiary/aromatic N) is 1. The second kappa shape index (κ2) is 5.28. The van der Waals surface area contributed by atoms with Crippen LogP contribution in [0.2, 0.25) is 0 Å². The number of carbonyl (C=O) groups excluding carboxylic acids is 1. The summed E-state index contributed by atoms with van der Waals surface area (Å²) in [7, 11) is 0. The number of carbonyl (C=O) groups is 1. The zero-order chi connectivity index (χ0) is 18.5. The highest BCUT2D eigenvalue weighted by Gasteiger charge is 2.69. The van der Waals surface area contributed by atoms with Crippen molar-refractivity contribution >= 4 is 5.78 Å². The lowest BCUT2D eigenvalue weighted by Crippen LogP contribution is -2.70. The number of hydrogen-bond acceptors (Lipinski definition) is 4. The molecule has 1 N–H and O–H groups in total. The van der Waals surface area contributed by atoms with Gasteiger partial charge in [-0.3, -0.25) is 9.69 Å². The maximum Gasteiger partial charge on any atom is 0.177 e. The Morgan fingerprint density at radius 3 is 2.85 bits per heavy atom. The first kappa shape index (κ1) is 16.4. The molecule has 1 spiro atoms. The molecule has 144 valence electrons. The van der Waals surface area contributed by atoms with E-state index in [9.17, 15) is 9.90 Å². The van der Waals surface area contributed by atoms with Crippen LogP contribution in [-0.4, -0.2) is 41.0 Å². The van der Waals surface area contributed by atoms with Gasteiger partial charge in [-0.1, -0.05) is 26.3 Å². The Bertz CT molecular complexity index is 831. The fourth-order valence-corrected chi connectivity index (χ4v) is 7.25. The van der Waals surface area contributed by atoms with Gasteiger partial charge in [-0.15, -0.1) is 0 Å². The number of phenolic OH excluding ortho intramolecular Hbond substituents is 1. The molecule has 5 aliphatic rings. The number of hydrogen-bond donors (Lipinski definition) is 1. The van der Waals surface area contributed by atoms with Gasteiger partial charge in [-0.05, 0) is 61.6 Å². The van der Waals surface area contributed by atoms with E-state index in [4.69, 9.17) is 4.74 Å². The number of piperidine rings is 1. The minimum absolute atomic E-state index is 0.0253. The van der Waals surface area contributed by atoms with Crippen LogP contribution in [0.3, 0.4) is 0 Å². The highest BCUT2D eigenvalue weighted by atomic mass is 16.5. The van der Waals surface area contributed by atoms with Crippen LogP contribution in [0.15, 0.2) is 12.1 Å². The molecule has 1 unspecified atom stereocenters. The summed E-state index contributed by atoms with van der Waals surface area (Å²) in [5.74, 6) is 2.76. The molecule has 2 bridgehead atoms. The molecule has 0 aromatic heterocycles. The zero-order valence-electron chi connectivity index (χ0n) is 16.3. The summed E-state index contributed by atoms with van der Waals surface area (Å²) < 4.78 is 6.27. The van der Waals surface area contributed by atoms with Crippen LogP contribution in [0.4, 0.5) is 0 Å². The Morgan fingerprint density at radius 1 is 1.30 bits per heavy atom. The second-order valence-electron chi connectivity index (χ2n) is 9.88. The molecule has 6 atom stereocenters. The fraction of sp³-hybridized carbons (Fsp3) is 0.696. The standard InChI is InChI=1S/C23H29NO3/c1-12-13(2)20(26)22-23-8-9-24(11-14-4-3-5-14)16(18(12)23)10-15-6-7-17(25)21(27-22)19(15)23/h6-7,12-14,16,18,22,25H,3-5,8-11H2,1-2H3/t12-,13-,16+,18-,22?,23-/m0/s1. The maximum absolute atomic E-state index is 13.3. The van der Waals surface area contributed by atoms with Crippen molar-refractivity contribution in [2.45, 2.75) is 63.5 Å². The van der Waals surface area contributed by atoms with Gasteiger partial charge in [-0.25, -0.2) is 0 Å². The van der Waals surface area contributed by atoms with E-state index >= 15 is 0 Å². The van der Waals surface area contributed by atoms with Gasteiger partial charge >= 0.3 is 0 Å². The van der Waals surface area contributed by atoms with Gasteiger partial charge in [0.05, 0.1) is 0 Å². The normalized spacial score (nSPS) is 42.4. The fourth-order valence-electron chi connectivity index (χ4n) is 7.25. The van der Waals surface area contributed by atoms with Gasteiger partial charge in [0, 0.05) is 29.5 Å². The molecule has 0 radical (unpaired) electrons. The molecule has 6 rings (SSSR count). The minimum atomic E-state index is -0.399. The smallest absolute Gasteiger partial charge is 0.177 e. The summed E-state index contributed by atoms with van der Waals surface area (Å²) in [6.45, 7) is 6.66. The molecule has 3 fully saturated rings. The Kier molecular flexibility index (Phi) is 3.21. The molecule has 2 saturated carbocycles. The number of ether oxygens (including phenoxy) is 1. The van der Waals surface area contributed by atoms with Gasteiger partial charge in [0.1, 0.15) is 0 Å². The molecular formula is C23H29NO3. The summed E-state index contributed by atoms with van der Waals surface area (Å²) >= 11 is 0. The largest absolute Gasteiger partial charge is 0.504 e. The molecule has 2 heterocycles. The van der Waals surface area contributed by atoms with E-state index in [0.717, 1.165) is 25.3 Å². The van der Waals surface area contributed by atoms with Crippen LogP contribution in [-0.2, 0) is 16.6 Å². The SMILES string of the molecule is C[C@@H]1[C@H]2[C@H]3Cc4ccc(O)c5c4[C@@]2(CCN3CC2CCC2)C(O5)C(=O)[C@H]1C. The van der Waals surface area contributed by atoms with Crippen LogP contribution in [0, 0.1) is 23.7 Å². The zero-order valence-corrected chi connectivity index (χ0v) is 16.3. The monoisotopic (exact) mass is 367 g/mol. The average molecular weight is 367 g/mol. The van der Waals surface area contributed by atoms with Crippen molar-refractivity contribution in [3.8, 4) is 11.5 Å². The summed E-state index contributed by atoms with van der Waals surface area (Å²) in [6.07, 6.45) is 5.76. The van der Waals surface area contributed by atoms with E-state index in [0.29, 0.717) is 23.6 Å².